The summed E-state index contributed by atoms with van der Waals surface area (Å²) in [5, 5.41) is 8.89. The third kappa shape index (κ3) is 4.02. The highest BCUT2D eigenvalue weighted by Crippen LogP contribution is 2.34. The molecular formula is C24H21N3OS2. The van der Waals surface area contributed by atoms with E-state index < -0.39 is 0 Å². The van der Waals surface area contributed by atoms with Gasteiger partial charge in [-0.1, -0.05) is 90.3 Å². The topological polar surface area (TPSA) is 45.0 Å². The summed E-state index contributed by atoms with van der Waals surface area (Å²) in [5.41, 5.74) is 3.15. The van der Waals surface area contributed by atoms with Gasteiger partial charge in [0.05, 0.1) is 24.1 Å². The SMILES string of the molecule is O=C(CSC1=NCCS1)N1N=C(c2ccc3ccccc3c2)C[C@@H]1c1ccccc1. The van der Waals surface area contributed by atoms with Crippen molar-refractivity contribution in [1.29, 1.82) is 0 Å². The summed E-state index contributed by atoms with van der Waals surface area (Å²) in [6.45, 7) is 0.849. The fraction of sp³-hybridized carbons (Fsp3) is 0.208. The summed E-state index contributed by atoms with van der Waals surface area (Å²) in [4.78, 5) is 17.5. The van der Waals surface area contributed by atoms with Crippen molar-refractivity contribution in [2.75, 3.05) is 18.1 Å². The van der Waals surface area contributed by atoms with Crippen LogP contribution in [0.2, 0.25) is 0 Å². The standard InChI is InChI=1S/C24H21N3OS2/c28-23(16-30-24-25-12-13-29-24)27-22(18-7-2-1-3-8-18)15-21(26-27)20-11-10-17-6-4-5-9-19(17)14-20/h1-11,14,22H,12-13,15-16H2/t22-/m1/s1. The van der Waals surface area contributed by atoms with E-state index in [-0.39, 0.29) is 11.9 Å². The Labute approximate surface area is 184 Å². The molecule has 3 aromatic carbocycles. The average Bonchev–Trinajstić information content (AvgIpc) is 3.48. The van der Waals surface area contributed by atoms with Gasteiger partial charge >= 0.3 is 0 Å². The first kappa shape index (κ1) is 19.4. The zero-order valence-electron chi connectivity index (χ0n) is 16.4. The molecule has 4 nitrogen and oxygen atoms in total. The molecule has 0 unspecified atom stereocenters. The van der Waals surface area contributed by atoms with E-state index in [1.165, 1.54) is 22.5 Å². The molecule has 0 aliphatic carbocycles. The van der Waals surface area contributed by atoms with E-state index in [1.807, 2.05) is 30.3 Å². The highest BCUT2D eigenvalue weighted by Gasteiger charge is 2.33. The number of rotatable bonds is 4. The van der Waals surface area contributed by atoms with Gasteiger partial charge in [0.2, 0.25) is 0 Å². The number of amides is 1. The zero-order chi connectivity index (χ0) is 20.3. The third-order valence-corrected chi connectivity index (χ3v) is 7.55. The van der Waals surface area contributed by atoms with Crippen LogP contribution in [0.5, 0.6) is 0 Å². The first-order valence-electron chi connectivity index (χ1n) is 10.0. The van der Waals surface area contributed by atoms with Crippen molar-refractivity contribution in [3.63, 3.8) is 0 Å². The predicted octanol–water partition coefficient (Wildman–Crippen LogP) is 5.35. The summed E-state index contributed by atoms with van der Waals surface area (Å²) in [6, 6.07) is 24.8. The van der Waals surface area contributed by atoms with Gasteiger partial charge in [-0.25, -0.2) is 5.01 Å². The largest absolute Gasteiger partial charge is 0.272 e. The molecule has 0 saturated carbocycles. The molecule has 2 aliphatic heterocycles. The van der Waals surface area contributed by atoms with Crippen molar-refractivity contribution < 1.29 is 4.79 Å². The fourth-order valence-electron chi connectivity index (χ4n) is 3.81. The predicted molar refractivity (Wildman–Crippen MR) is 128 cm³/mol. The third-order valence-electron chi connectivity index (χ3n) is 5.31. The number of carbonyl (C=O) groups excluding carboxylic acids is 1. The molecule has 2 heterocycles. The van der Waals surface area contributed by atoms with Crippen LogP contribution < -0.4 is 0 Å². The number of fused-ring (bicyclic) bond motifs is 1. The Hall–Kier alpha value is -2.57. The van der Waals surface area contributed by atoms with E-state index >= 15 is 0 Å². The van der Waals surface area contributed by atoms with Gasteiger partial charge in [-0.3, -0.25) is 9.79 Å². The van der Waals surface area contributed by atoms with Gasteiger partial charge in [-0.2, -0.15) is 5.10 Å². The van der Waals surface area contributed by atoms with Gasteiger partial charge in [0.15, 0.2) is 0 Å². The van der Waals surface area contributed by atoms with Crippen molar-refractivity contribution in [1.82, 2.24) is 5.01 Å². The second kappa shape index (κ2) is 8.66. The van der Waals surface area contributed by atoms with Crippen molar-refractivity contribution in [3.8, 4) is 0 Å². The van der Waals surface area contributed by atoms with Crippen molar-refractivity contribution in [2.45, 2.75) is 12.5 Å². The smallest absolute Gasteiger partial charge is 0.253 e. The monoisotopic (exact) mass is 431 g/mol. The minimum absolute atomic E-state index is 0.0276. The Morgan fingerprint density at radius 1 is 1.03 bits per heavy atom. The van der Waals surface area contributed by atoms with Crippen LogP contribution >= 0.6 is 23.5 Å². The van der Waals surface area contributed by atoms with Gasteiger partial charge < -0.3 is 0 Å². The minimum atomic E-state index is -0.0704. The van der Waals surface area contributed by atoms with Crippen molar-refractivity contribution in [3.05, 3.63) is 83.9 Å². The maximum Gasteiger partial charge on any atom is 0.253 e. The second-order valence-corrected chi connectivity index (χ2v) is 9.57. The maximum atomic E-state index is 13.1. The lowest BCUT2D eigenvalue weighted by molar-refractivity contribution is -0.130. The molecule has 150 valence electrons. The molecule has 2 aliphatic rings. The Morgan fingerprint density at radius 3 is 2.63 bits per heavy atom. The molecule has 30 heavy (non-hydrogen) atoms. The lowest BCUT2D eigenvalue weighted by atomic mass is 9.97. The summed E-state index contributed by atoms with van der Waals surface area (Å²) in [7, 11) is 0. The van der Waals surface area contributed by atoms with Crippen molar-refractivity contribution in [2.24, 2.45) is 10.1 Å². The van der Waals surface area contributed by atoms with E-state index in [0.717, 1.165) is 33.5 Å². The molecule has 0 bridgehead atoms. The summed E-state index contributed by atoms with van der Waals surface area (Å²) >= 11 is 3.26. The molecule has 5 rings (SSSR count). The van der Waals surface area contributed by atoms with Crippen molar-refractivity contribution >= 4 is 50.3 Å². The van der Waals surface area contributed by atoms with Crippen LogP contribution in [0.15, 0.2) is 82.9 Å². The number of aliphatic imine (C=N–C) groups is 1. The van der Waals surface area contributed by atoms with Crippen LogP contribution in [0.3, 0.4) is 0 Å². The lowest BCUT2D eigenvalue weighted by Gasteiger charge is -2.21. The molecule has 1 atom stereocenters. The van der Waals surface area contributed by atoms with E-state index in [9.17, 15) is 4.79 Å². The maximum absolute atomic E-state index is 13.1. The molecule has 0 radical (unpaired) electrons. The van der Waals surface area contributed by atoms with Crippen LogP contribution in [0.1, 0.15) is 23.6 Å². The summed E-state index contributed by atoms with van der Waals surface area (Å²) in [6.07, 6.45) is 0.717. The molecule has 1 amide bonds. The molecule has 6 heteroatoms. The average molecular weight is 432 g/mol. The van der Waals surface area contributed by atoms with Crippen LogP contribution in [-0.4, -0.2) is 39.1 Å². The first-order valence-corrected chi connectivity index (χ1v) is 12.0. The molecular weight excluding hydrogens is 410 g/mol. The number of hydrogen-bond donors (Lipinski definition) is 0. The number of nitrogens with zero attached hydrogens (tertiary/aromatic N) is 3. The van der Waals surface area contributed by atoms with E-state index in [1.54, 1.807) is 16.8 Å². The quantitative estimate of drug-likeness (QED) is 0.559. The summed E-state index contributed by atoms with van der Waals surface area (Å²) in [5.74, 6) is 1.40. The van der Waals surface area contributed by atoms with Gasteiger partial charge in [-0.15, -0.1) is 0 Å². The molecule has 0 N–H and O–H groups in total. The minimum Gasteiger partial charge on any atom is -0.272 e. The van der Waals surface area contributed by atoms with Crippen LogP contribution in [-0.2, 0) is 4.79 Å². The summed E-state index contributed by atoms with van der Waals surface area (Å²) < 4.78 is 1.01. The Morgan fingerprint density at radius 2 is 1.83 bits per heavy atom. The molecule has 0 aromatic heterocycles. The lowest BCUT2D eigenvalue weighted by Crippen LogP contribution is -2.28. The zero-order valence-corrected chi connectivity index (χ0v) is 18.0. The fourth-order valence-corrected chi connectivity index (χ4v) is 5.67. The van der Waals surface area contributed by atoms with Gasteiger partial charge in [0, 0.05) is 12.2 Å². The van der Waals surface area contributed by atoms with E-state index in [0.29, 0.717) is 12.2 Å². The normalized spacial score (nSPS) is 18.5. The van der Waals surface area contributed by atoms with Gasteiger partial charge in [0.1, 0.15) is 4.38 Å². The Balaban J connectivity index is 1.43. The van der Waals surface area contributed by atoms with Gasteiger partial charge in [0.25, 0.3) is 5.91 Å². The number of carbonyl (C=O) groups is 1. The molecule has 0 fully saturated rings. The number of hydrogen-bond acceptors (Lipinski definition) is 5. The Bertz CT molecular complexity index is 1140. The van der Waals surface area contributed by atoms with E-state index in [2.05, 4.69) is 47.5 Å². The molecule has 3 aromatic rings. The number of benzene rings is 3. The second-order valence-electron chi connectivity index (χ2n) is 7.26. The van der Waals surface area contributed by atoms with Crippen LogP contribution in [0.4, 0.5) is 0 Å². The van der Waals surface area contributed by atoms with Crippen LogP contribution in [0, 0.1) is 0 Å². The molecule has 0 spiro atoms. The van der Waals surface area contributed by atoms with E-state index in [4.69, 9.17) is 5.10 Å². The van der Waals surface area contributed by atoms with Gasteiger partial charge in [-0.05, 0) is 28.0 Å². The number of thioether (sulfide) groups is 2. The Kier molecular flexibility index (Phi) is 5.60. The highest BCUT2D eigenvalue weighted by molar-refractivity contribution is 8.39. The van der Waals surface area contributed by atoms with Crippen LogP contribution in [0.25, 0.3) is 10.8 Å². The first-order chi connectivity index (χ1) is 14.8. The number of hydrazone groups is 1. The molecule has 0 saturated heterocycles. The highest BCUT2D eigenvalue weighted by atomic mass is 32.2.